The highest BCUT2D eigenvalue weighted by Gasteiger charge is 2.11. The summed E-state index contributed by atoms with van der Waals surface area (Å²) in [7, 11) is 0. The van der Waals surface area contributed by atoms with Crippen molar-refractivity contribution in [2.45, 2.75) is 0 Å². The van der Waals surface area contributed by atoms with E-state index in [4.69, 9.17) is 0 Å². The van der Waals surface area contributed by atoms with Crippen LogP contribution in [-0.2, 0) is 0 Å². The minimum Gasteiger partial charge on any atom is -0.356 e. The van der Waals surface area contributed by atoms with Crippen molar-refractivity contribution in [1.29, 1.82) is 0 Å². The third-order valence-electron chi connectivity index (χ3n) is 8.44. The first-order valence-electron chi connectivity index (χ1n) is 14.8. The zero-order valence-electron chi connectivity index (χ0n) is 23.7. The van der Waals surface area contributed by atoms with Gasteiger partial charge in [-0.05, 0) is 96.0 Å². The predicted molar refractivity (Wildman–Crippen MR) is 185 cm³/mol. The van der Waals surface area contributed by atoms with E-state index in [0.29, 0.717) is 0 Å². The summed E-state index contributed by atoms with van der Waals surface area (Å²) >= 11 is 0. The van der Waals surface area contributed by atoms with E-state index in [1.807, 2.05) is 0 Å². The Morgan fingerprint density at radius 2 is 0.814 bits per heavy atom. The van der Waals surface area contributed by atoms with Crippen LogP contribution in [0.2, 0.25) is 0 Å². The minimum absolute atomic E-state index is 1.07. The van der Waals surface area contributed by atoms with Crippen molar-refractivity contribution in [1.82, 2.24) is 0 Å². The van der Waals surface area contributed by atoms with Crippen LogP contribution in [0.1, 0.15) is 0 Å². The normalized spacial score (nSPS) is 11.3. The quantitative estimate of drug-likeness (QED) is 0.211. The van der Waals surface area contributed by atoms with Gasteiger partial charge in [-0.15, -0.1) is 0 Å². The number of nitrogens with one attached hydrogen (secondary N) is 1. The summed E-state index contributed by atoms with van der Waals surface area (Å²) in [6, 6.07) is 61.0. The molecule has 43 heavy (non-hydrogen) atoms. The molecular weight excluding hydrogens is 518 g/mol. The second kappa shape index (κ2) is 10.6. The summed E-state index contributed by atoms with van der Waals surface area (Å²) in [5.74, 6) is 0. The molecule has 1 nitrogen and oxygen atoms in total. The maximum atomic E-state index is 3.62. The fourth-order valence-corrected chi connectivity index (χ4v) is 6.27. The molecule has 0 atom stereocenters. The van der Waals surface area contributed by atoms with Gasteiger partial charge < -0.3 is 5.32 Å². The maximum absolute atomic E-state index is 3.62. The fourth-order valence-electron chi connectivity index (χ4n) is 6.27. The second-order valence-electron chi connectivity index (χ2n) is 11.1. The molecule has 8 rings (SSSR count). The Morgan fingerprint density at radius 3 is 1.56 bits per heavy atom. The summed E-state index contributed by atoms with van der Waals surface area (Å²) in [6.45, 7) is 0. The molecule has 0 spiro atoms. The summed E-state index contributed by atoms with van der Waals surface area (Å²) in [5.41, 5.74) is 9.56. The van der Waals surface area contributed by atoms with Gasteiger partial charge in [0.2, 0.25) is 0 Å². The van der Waals surface area contributed by atoms with Gasteiger partial charge in [0.15, 0.2) is 0 Å². The van der Waals surface area contributed by atoms with Gasteiger partial charge in [-0.2, -0.15) is 0 Å². The molecule has 0 aliphatic rings. The largest absolute Gasteiger partial charge is 0.356 e. The summed E-state index contributed by atoms with van der Waals surface area (Å²) in [6.07, 6.45) is 0. The molecule has 0 bridgehead atoms. The number of anilines is 2. The van der Waals surface area contributed by atoms with Crippen molar-refractivity contribution in [2.24, 2.45) is 0 Å². The van der Waals surface area contributed by atoms with E-state index in [9.17, 15) is 0 Å². The Morgan fingerprint density at radius 1 is 0.279 bits per heavy atom. The standard InChI is InChI=1S/C42H29N/c1-2-9-29(10-3-1)30-17-19-31(20-18-30)32-21-23-35(24-22-32)43-36-25-26-38-33(27-36)12-8-16-40(38)42-28-34-11-4-5-13-37(34)39-14-6-7-15-41(39)42/h1-28,43H. The predicted octanol–water partition coefficient (Wildman–Crippen LogP) is 11.9. The molecule has 0 fully saturated rings. The average molecular weight is 548 g/mol. The third-order valence-corrected chi connectivity index (χ3v) is 8.44. The van der Waals surface area contributed by atoms with Crippen LogP contribution in [-0.4, -0.2) is 0 Å². The SMILES string of the molecule is c1ccc(-c2ccc(-c3ccc(Nc4ccc5c(-c6cc7ccccc7c7ccccc67)cccc5c4)cc3)cc2)cc1. The summed E-state index contributed by atoms with van der Waals surface area (Å²) < 4.78 is 0. The van der Waals surface area contributed by atoms with Gasteiger partial charge in [-0.1, -0.05) is 140 Å². The Balaban J connectivity index is 1.08. The molecule has 8 aromatic carbocycles. The van der Waals surface area contributed by atoms with E-state index in [-0.39, 0.29) is 0 Å². The Hall–Kier alpha value is -5.66. The molecule has 0 aliphatic heterocycles. The lowest BCUT2D eigenvalue weighted by Gasteiger charge is -2.14. The molecule has 1 N–H and O–H groups in total. The van der Waals surface area contributed by atoms with Gasteiger partial charge in [-0.25, -0.2) is 0 Å². The minimum atomic E-state index is 1.07. The van der Waals surface area contributed by atoms with Gasteiger partial charge in [0, 0.05) is 11.4 Å². The monoisotopic (exact) mass is 547 g/mol. The first kappa shape index (κ1) is 25.1. The molecule has 0 saturated carbocycles. The van der Waals surface area contributed by atoms with Crippen molar-refractivity contribution < 1.29 is 0 Å². The van der Waals surface area contributed by atoms with E-state index in [0.717, 1.165) is 11.4 Å². The number of hydrogen-bond donors (Lipinski definition) is 1. The molecule has 0 heterocycles. The summed E-state index contributed by atoms with van der Waals surface area (Å²) in [5, 5.41) is 11.2. The van der Waals surface area contributed by atoms with Gasteiger partial charge in [-0.3, -0.25) is 0 Å². The Bertz CT molecular complexity index is 2230. The van der Waals surface area contributed by atoms with Gasteiger partial charge >= 0.3 is 0 Å². The lowest BCUT2D eigenvalue weighted by molar-refractivity contribution is 1.55. The van der Waals surface area contributed by atoms with Gasteiger partial charge in [0.05, 0.1) is 0 Å². The van der Waals surface area contributed by atoms with Gasteiger partial charge in [0.1, 0.15) is 0 Å². The Kier molecular flexibility index (Phi) is 6.20. The van der Waals surface area contributed by atoms with E-state index >= 15 is 0 Å². The molecule has 0 aliphatic carbocycles. The first-order chi connectivity index (χ1) is 21.3. The molecular formula is C42H29N. The average Bonchev–Trinajstić information content (AvgIpc) is 3.08. The molecule has 8 aromatic rings. The van der Waals surface area contributed by atoms with E-state index < -0.39 is 0 Å². The molecule has 1 heteroatoms. The van der Waals surface area contributed by atoms with Crippen molar-refractivity contribution in [3.05, 3.63) is 170 Å². The first-order valence-corrected chi connectivity index (χ1v) is 14.8. The molecule has 202 valence electrons. The van der Waals surface area contributed by atoms with Crippen molar-refractivity contribution in [3.63, 3.8) is 0 Å². The lowest BCUT2D eigenvalue weighted by Crippen LogP contribution is -1.91. The number of benzene rings is 8. The highest BCUT2D eigenvalue weighted by Crippen LogP contribution is 2.38. The number of rotatable bonds is 5. The fraction of sp³-hybridized carbons (Fsp3) is 0. The van der Waals surface area contributed by atoms with E-state index in [1.165, 1.54) is 65.7 Å². The van der Waals surface area contributed by atoms with E-state index in [2.05, 4.69) is 175 Å². The number of fused-ring (bicyclic) bond motifs is 4. The number of hydrogen-bond acceptors (Lipinski definition) is 1. The maximum Gasteiger partial charge on any atom is 0.0390 e. The molecule has 0 saturated heterocycles. The van der Waals surface area contributed by atoms with Crippen LogP contribution in [0.3, 0.4) is 0 Å². The van der Waals surface area contributed by atoms with Crippen LogP contribution in [0.15, 0.2) is 170 Å². The highest BCUT2D eigenvalue weighted by molar-refractivity contribution is 6.16. The van der Waals surface area contributed by atoms with Crippen LogP contribution in [0.25, 0.3) is 65.7 Å². The van der Waals surface area contributed by atoms with Gasteiger partial charge in [0.25, 0.3) is 0 Å². The molecule has 0 amide bonds. The van der Waals surface area contributed by atoms with Crippen LogP contribution < -0.4 is 5.32 Å². The highest BCUT2D eigenvalue weighted by atomic mass is 14.9. The van der Waals surface area contributed by atoms with Crippen LogP contribution in [0.4, 0.5) is 11.4 Å². The second-order valence-corrected chi connectivity index (χ2v) is 11.1. The van der Waals surface area contributed by atoms with Crippen LogP contribution in [0.5, 0.6) is 0 Å². The topological polar surface area (TPSA) is 12.0 Å². The van der Waals surface area contributed by atoms with Crippen LogP contribution >= 0.6 is 0 Å². The smallest absolute Gasteiger partial charge is 0.0390 e. The van der Waals surface area contributed by atoms with E-state index in [1.54, 1.807) is 0 Å². The zero-order chi connectivity index (χ0) is 28.6. The molecule has 0 radical (unpaired) electrons. The van der Waals surface area contributed by atoms with Crippen molar-refractivity contribution in [2.75, 3.05) is 5.32 Å². The van der Waals surface area contributed by atoms with Crippen LogP contribution in [0, 0.1) is 0 Å². The van der Waals surface area contributed by atoms with Crippen molar-refractivity contribution >= 4 is 43.7 Å². The molecule has 0 aromatic heterocycles. The molecule has 0 unspecified atom stereocenters. The zero-order valence-corrected chi connectivity index (χ0v) is 23.7. The Labute approximate surface area is 251 Å². The summed E-state index contributed by atoms with van der Waals surface area (Å²) in [4.78, 5) is 0. The third kappa shape index (κ3) is 4.71. The van der Waals surface area contributed by atoms with Crippen molar-refractivity contribution in [3.8, 4) is 33.4 Å². The lowest BCUT2D eigenvalue weighted by atomic mass is 9.90.